The van der Waals surface area contributed by atoms with Crippen LogP contribution in [0.1, 0.15) is 46.4 Å². The molecule has 4 nitrogen and oxygen atoms in total. The van der Waals surface area contributed by atoms with E-state index in [1.165, 1.54) is 0 Å². The summed E-state index contributed by atoms with van der Waals surface area (Å²) in [6, 6.07) is 5.25. The van der Waals surface area contributed by atoms with Gasteiger partial charge in [-0.25, -0.2) is 9.59 Å². The van der Waals surface area contributed by atoms with Crippen LogP contribution in [0.15, 0.2) is 18.2 Å². The Kier molecular flexibility index (Phi) is 3.56. The zero-order valence-electron chi connectivity index (χ0n) is 11.8. The minimum absolute atomic E-state index is 0.252. The molecule has 1 aromatic heterocycles. The Morgan fingerprint density at radius 3 is 2.45 bits per heavy atom. The molecule has 0 aliphatic rings. The van der Waals surface area contributed by atoms with E-state index in [2.05, 4.69) is 0 Å². The molecule has 2 aromatic rings. The average Bonchev–Trinajstić information content (AvgIpc) is 2.69. The number of thiophene rings is 1. The van der Waals surface area contributed by atoms with E-state index >= 15 is 0 Å². The predicted molar refractivity (Wildman–Crippen MR) is 78.7 cm³/mol. The highest BCUT2D eigenvalue weighted by Crippen LogP contribution is 2.32. The van der Waals surface area contributed by atoms with Gasteiger partial charge in [-0.15, -0.1) is 11.3 Å². The number of carboxylic acid groups (broad SMARTS) is 1. The summed E-state index contributed by atoms with van der Waals surface area (Å²) in [5.74, 6) is -1.40. The van der Waals surface area contributed by atoms with E-state index in [0.717, 1.165) is 16.7 Å². The Morgan fingerprint density at radius 1 is 1.25 bits per heavy atom. The van der Waals surface area contributed by atoms with Crippen molar-refractivity contribution in [1.29, 1.82) is 0 Å². The number of fused-ring (bicyclic) bond motifs is 1. The first-order chi connectivity index (χ1) is 9.19. The molecule has 0 atom stereocenters. The monoisotopic (exact) mass is 292 g/mol. The maximum atomic E-state index is 12.0. The second kappa shape index (κ2) is 4.90. The minimum Gasteiger partial charge on any atom is -0.478 e. The van der Waals surface area contributed by atoms with Gasteiger partial charge >= 0.3 is 11.9 Å². The van der Waals surface area contributed by atoms with Gasteiger partial charge in [-0.05, 0) is 44.7 Å². The Hall–Kier alpha value is -1.88. The molecular formula is C15H16O4S. The molecule has 5 heteroatoms. The van der Waals surface area contributed by atoms with Crippen molar-refractivity contribution in [3.05, 3.63) is 34.2 Å². The van der Waals surface area contributed by atoms with Gasteiger partial charge in [-0.2, -0.15) is 0 Å². The van der Waals surface area contributed by atoms with E-state index in [4.69, 9.17) is 4.74 Å². The van der Waals surface area contributed by atoms with Crippen LogP contribution in [0.2, 0.25) is 0 Å². The number of aromatic carboxylic acids is 1. The fourth-order valence-electron chi connectivity index (χ4n) is 1.90. The molecule has 2 rings (SSSR count). The second-order valence-corrected chi connectivity index (χ2v) is 6.65. The van der Waals surface area contributed by atoms with E-state index in [1.54, 1.807) is 39.8 Å². The quantitative estimate of drug-likeness (QED) is 0.854. The lowest BCUT2D eigenvalue weighted by atomic mass is 10.1. The van der Waals surface area contributed by atoms with Crippen molar-refractivity contribution < 1.29 is 19.4 Å². The zero-order chi connectivity index (χ0) is 15.1. The number of carbonyl (C=O) groups is 2. The summed E-state index contributed by atoms with van der Waals surface area (Å²) in [6.45, 7) is 7.14. The number of carboxylic acids is 1. The van der Waals surface area contributed by atoms with Crippen molar-refractivity contribution in [2.45, 2.75) is 33.3 Å². The van der Waals surface area contributed by atoms with E-state index < -0.39 is 17.5 Å². The predicted octanol–water partition coefficient (Wildman–Crippen LogP) is 3.86. The lowest BCUT2D eigenvalue weighted by Crippen LogP contribution is -2.23. The van der Waals surface area contributed by atoms with Crippen molar-refractivity contribution in [2.24, 2.45) is 0 Å². The highest BCUT2D eigenvalue weighted by molar-refractivity contribution is 7.21. The first-order valence-corrected chi connectivity index (χ1v) is 7.00. The van der Waals surface area contributed by atoms with Gasteiger partial charge in [0.25, 0.3) is 0 Å². The third kappa shape index (κ3) is 2.82. The normalized spacial score (nSPS) is 11.6. The Labute approximate surface area is 121 Å². The fourth-order valence-corrected chi connectivity index (χ4v) is 3.02. The van der Waals surface area contributed by atoms with Crippen LogP contribution in [0.3, 0.4) is 0 Å². The molecule has 1 heterocycles. The van der Waals surface area contributed by atoms with Gasteiger partial charge < -0.3 is 9.84 Å². The molecule has 1 aromatic carbocycles. The molecule has 106 valence electrons. The van der Waals surface area contributed by atoms with Crippen LogP contribution < -0.4 is 0 Å². The molecule has 0 aliphatic heterocycles. The Balaban J connectivity index is 2.52. The molecule has 0 saturated heterocycles. The van der Waals surface area contributed by atoms with Crippen molar-refractivity contribution in [3.63, 3.8) is 0 Å². The Morgan fingerprint density at radius 2 is 1.90 bits per heavy atom. The fraction of sp³-hybridized carbons (Fsp3) is 0.333. The Bertz CT molecular complexity index is 692. The van der Waals surface area contributed by atoms with E-state index in [0.29, 0.717) is 15.1 Å². The third-order valence-corrected chi connectivity index (χ3v) is 3.86. The van der Waals surface area contributed by atoms with Gasteiger partial charge in [0.1, 0.15) is 10.5 Å². The van der Waals surface area contributed by atoms with Gasteiger partial charge in [0.15, 0.2) is 0 Å². The summed E-state index contributed by atoms with van der Waals surface area (Å²) in [5.41, 5.74) is 0.364. The smallest absolute Gasteiger partial charge is 0.348 e. The van der Waals surface area contributed by atoms with Crippen LogP contribution in [0.25, 0.3) is 10.1 Å². The molecule has 0 saturated carbocycles. The summed E-state index contributed by atoms with van der Waals surface area (Å²) >= 11 is 1.16. The molecule has 0 spiro atoms. The van der Waals surface area contributed by atoms with E-state index in [1.807, 2.05) is 6.07 Å². The number of rotatable bonds is 2. The standard InChI is InChI=1S/C15H16O4S/c1-8-5-6-9-7-10(14(18)19-15(2,3)4)20-12(9)11(8)13(16)17/h5-7H,1-4H3,(H,16,17). The van der Waals surface area contributed by atoms with Gasteiger partial charge in [0, 0.05) is 4.70 Å². The first-order valence-electron chi connectivity index (χ1n) is 6.19. The number of aryl methyl sites for hydroxylation is 1. The van der Waals surface area contributed by atoms with Gasteiger partial charge in [-0.3, -0.25) is 0 Å². The summed E-state index contributed by atoms with van der Waals surface area (Å²) in [7, 11) is 0. The summed E-state index contributed by atoms with van der Waals surface area (Å²) < 4.78 is 5.92. The number of hydrogen-bond acceptors (Lipinski definition) is 4. The first kappa shape index (κ1) is 14.5. The maximum absolute atomic E-state index is 12.0. The average molecular weight is 292 g/mol. The van der Waals surface area contributed by atoms with Gasteiger partial charge in [-0.1, -0.05) is 12.1 Å². The number of ether oxygens (including phenoxy) is 1. The van der Waals surface area contributed by atoms with Crippen molar-refractivity contribution >= 4 is 33.4 Å². The SMILES string of the molecule is Cc1ccc2cc(C(=O)OC(C)(C)C)sc2c1C(=O)O. The number of esters is 1. The van der Waals surface area contributed by atoms with Crippen LogP contribution in [0, 0.1) is 6.92 Å². The second-order valence-electron chi connectivity index (χ2n) is 5.59. The van der Waals surface area contributed by atoms with E-state index in [9.17, 15) is 14.7 Å². The number of carbonyl (C=O) groups excluding carboxylic acids is 1. The summed E-state index contributed by atoms with van der Waals surface area (Å²) in [5, 5.41) is 10.0. The van der Waals surface area contributed by atoms with Crippen LogP contribution in [-0.4, -0.2) is 22.6 Å². The van der Waals surface area contributed by atoms with Crippen molar-refractivity contribution in [3.8, 4) is 0 Å². The van der Waals surface area contributed by atoms with Crippen LogP contribution in [-0.2, 0) is 4.74 Å². The summed E-state index contributed by atoms with van der Waals surface area (Å²) in [6.07, 6.45) is 0. The lowest BCUT2D eigenvalue weighted by Gasteiger charge is -2.18. The third-order valence-electron chi connectivity index (χ3n) is 2.71. The van der Waals surface area contributed by atoms with Gasteiger partial charge in [0.05, 0.1) is 5.56 Å². The molecule has 0 aliphatic carbocycles. The molecule has 0 unspecified atom stereocenters. The molecule has 0 fully saturated rings. The van der Waals surface area contributed by atoms with E-state index in [-0.39, 0.29) is 5.56 Å². The van der Waals surface area contributed by atoms with Gasteiger partial charge in [0.2, 0.25) is 0 Å². The molecule has 0 bridgehead atoms. The van der Waals surface area contributed by atoms with Crippen LogP contribution in [0.5, 0.6) is 0 Å². The molecule has 0 radical (unpaired) electrons. The largest absolute Gasteiger partial charge is 0.478 e. The minimum atomic E-state index is -0.981. The maximum Gasteiger partial charge on any atom is 0.348 e. The molecule has 20 heavy (non-hydrogen) atoms. The highest BCUT2D eigenvalue weighted by atomic mass is 32.1. The topological polar surface area (TPSA) is 63.6 Å². The number of benzene rings is 1. The molecule has 0 amide bonds. The lowest BCUT2D eigenvalue weighted by molar-refractivity contribution is 0.00751. The molecule has 1 N–H and O–H groups in total. The highest BCUT2D eigenvalue weighted by Gasteiger charge is 2.22. The molecular weight excluding hydrogens is 276 g/mol. The number of hydrogen-bond donors (Lipinski definition) is 1. The zero-order valence-corrected chi connectivity index (χ0v) is 12.6. The van der Waals surface area contributed by atoms with Crippen LogP contribution in [0.4, 0.5) is 0 Å². The van der Waals surface area contributed by atoms with Crippen molar-refractivity contribution in [1.82, 2.24) is 0 Å². The summed E-state index contributed by atoms with van der Waals surface area (Å²) in [4.78, 5) is 23.8. The van der Waals surface area contributed by atoms with Crippen molar-refractivity contribution in [2.75, 3.05) is 0 Å². The van der Waals surface area contributed by atoms with Crippen LogP contribution >= 0.6 is 11.3 Å².